The number of carbonyl (C=O) groups is 1. The SMILES string of the molecule is O=C(CC1CCOCC1)Nc1ccc(F)c(Cl)c1. The lowest BCUT2D eigenvalue weighted by Crippen LogP contribution is -2.22. The molecule has 1 aromatic rings. The summed E-state index contributed by atoms with van der Waals surface area (Å²) < 4.78 is 18.2. The first kappa shape index (κ1) is 13.3. The average molecular weight is 272 g/mol. The number of amides is 1. The summed E-state index contributed by atoms with van der Waals surface area (Å²) in [6, 6.07) is 4.16. The lowest BCUT2D eigenvalue weighted by atomic mass is 9.96. The largest absolute Gasteiger partial charge is 0.381 e. The predicted octanol–water partition coefficient (Wildman–Crippen LogP) is 3.23. The molecule has 1 aliphatic rings. The summed E-state index contributed by atoms with van der Waals surface area (Å²) in [5, 5.41) is 2.74. The molecule has 1 heterocycles. The van der Waals surface area contributed by atoms with Crippen molar-refractivity contribution in [3.8, 4) is 0 Å². The van der Waals surface area contributed by atoms with Crippen molar-refractivity contribution in [3.05, 3.63) is 29.0 Å². The molecular weight excluding hydrogens is 257 g/mol. The minimum atomic E-state index is -0.487. The Bertz CT molecular complexity index is 433. The number of hydrogen-bond donors (Lipinski definition) is 1. The molecule has 0 aliphatic carbocycles. The van der Waals surface area contributed by atoms with E-state index in [1.165, 1.54) is 18.2 Å². The highest BCUT2D eigenvalue weighted by atomic mass is 35.5. The Morgan fingerprint density at radius 1 is 1.44 bits per heavy atom. The zero-order valence-electron chi connectivity index (χ0n) is 9.92. The number of benzene rings is 1. The molecule has 2 rings (SSSR count). The van der Waals surface area contributed by atoms with Gasteiger partial charge in [-0.15, -0.1) is 0 Å². The quantitative estimate of drug-likeness (QED) is 0.917. The van der Waals surface area contributed by atoms with E-state index in [4.69, 9.17) is 16.3 Å². The van der Waals surface area contributed by atoms with Gasteiger partial charge in [-0.05, 0) is 37.0 Å². The van der Waals surface area contributed by atoms with Crippen LogP contribution in [0.3, 0.4) is 0 Å². The van der Waals surface area contributed by atoms with E-state index in [-0.39, 0.29) is 10.9 Å². The first-order chi connectivity index (χ1) is 8.65. The van der Waals surface area contributed by atoms with Gasteiger partial charge >= 0.3 is 0 Å². The van der Waals surface area contributed by atoms with Crippen molar-refractivity contribution < 1.29 is 13.9 Å². The second-order valence-corrected chi connectivity index (χ2v) is 4.84. The lowest BCUT2D eigenvalue weighted by Gasteiger charge is -2.21. The number of carbonyl (C=O) groups excluding carboxylic acids is 1. The molecule has 1 N–H and O–H groups in total. The molecule has 0 saturated carbocycles. The fraction of sp³-hybridized carbons (Fsp3) is 0.462. The summed E-state index contributed by atoms with van der Waals surface area (Å²) >= 11 is 5.65. The topological polar surface area (TPSA) is 38.3 Å². The van der Waals surface area contributed by atoms with E-state index in [1.54, 1.807) is 0 Å². The zero-order chi connectivity index (χ0) is 13.0. The molecule has 1 amide bonds. The molecule has 1 aliphatic heterocycles. The van der Waals surface area contributed by atoms with Crippen LogP contribution in [0.25, 0.3) is 0 Å². The summed E-state index contributed by atoms with van der Waals surface area (Å²) in [6.07, 6.45) is 2.30. The molecular formula is C13H15ClFNO2. The number of ether oxygens (including phenoxy) is 1. The third-order valence-corrected chi connectivity index (χ3v) is 3.31. The maximum atomic E-state index is 13.0. The summed E-state index contributed by atoms with van der Waals surface area (Å²) in [4.78, 5) is 11.8. The first-order valence-corrected chi connectivity index (χ1v) is 6.35. The maximum Gasteiger partial charge on any atom is 0.224 e. The Kier molecular flexibility index (Phi) is 4.55. The van der Waals surface area contributed by atoms with Gasteiger partial charge in [-0.2, -0.15) is 0 Å². The minimum absolute atomic E-state index is 0.0128. The molecule has 1 aromatic carbocycles. The van der Waals surface area contributed by atoms with Crippen molar-refractivity contribution in [1.82, 2.24) is 0 Å². The van der Waals surface area contributed by atoms with Crippen LogP contribution in [0.5, 0.6) is 0 Å². The summed E-state index contributed by atoms with van der Waals surface area (Å²) in [5.74, 6) is -0.182. The average Bonchev–Trinajstić information content (AvgIpc) is 2.35. The number of nitrogens with one attached hydrogen (secondary N) is 1. The van der Waals surface area contributed by atoms with Crippen molar-refractivity contribution in [2.75, 3.05) is 18.5 Å². The van der Waals surface area contributed by atoms with Crippen LogP contribution in [0.4, 0.5) is 10.1 Å². The molecule has 18 heavy (non-hydrogen) atoms. The number of rotatable bonds is 3. The Labute approximate surface area is 110 Å². The minimum Gasteiger partial charge on any atom is -0.381 e. The monoisotopic (exact) mass is 271 g/mol. The van der Waals surface area contributed by atoms with Crippen LogP contribution >= 0.6 is 11.6 Å². The molecule has 1 fully saturated rings. The van der Waals surface area contributed by atoms with Crippen molar-refractivity contribution in [3.63, 3.8) is 0 Å². The van der Waals surface area contributed by atoms with Gasteiger partial charge in [-0.3, -0.25) is 4.79 Å². The van der Waals surface area contributed by atoms with E-state index in [0.717, 1.165) is 26.1 Å². The Hall–Kier alpha value is -1.13. The van der Waals surface area contributed by atoms with Gasteiger partial charge in [-0.25, -0.2) is 4.39 Å². The van der Waals surface area contributed by atoms with Gasteiger partial charge in [0.05, 0.1) is 5.02 Å². The Balaban J connectivity index is 1.88. The lowest BCUT2D eigenvalue weighted by molar-refractivity contribution is -0.117. The highest BCUT2D eigenvalue weighted by Gasteiger charge is 2.17. The molecule has 0 aromatic heterocycles. The second-order valence-electron chi connectivity index (χ2n) is 4.44. The molecule has 98 valence electrons. The fourth-order valence-corrected chi connectivity index (χ4v) is 2.18. The van der Waals surface area contributed by atoms with Gasteiger partial charge in [0.2, 0.25) is 5.91 Å². The molecule has 0 bridgehead atoms. The summed E-state index contributed by atoms with van der Waals surface area (Å²) in [7, 11) is 0. The second kappa shape index (κ2) is 6.16. The number of hydrogen-bond acceptors (Lipinski definition) is 2. The third kappa shape index (κ3) is 3.68. The smallest absolute Gasteiger partial charge is 0.224 e. The molecule has 0 spiro atoms. The summed E-state index contributed by atoms with van der Waals surface area (Å²) in [5.41, 5.74) is 0.526. The van der Waals surface area contributed by atoms with Crippen LogP contribution in [0.2, 0.25) is 5.02 Å². The molecule has 0 atom stereocenters. The number of halogens is 2. The van der Waals surface area contributed by atoms with Crippen molar-refractivity contribution in [2.24, 2.45) is 5.92 Å². The van der Waals surface area contributed by atoms with E-state index in [2.05, 4.69) is 5.32 Å². The highest BCUT2D eigenvalue weighted by molar-refractivity contribution is 6.31. The fourth-order valence-electron chi connectivity index (χ4n) is 2.00. The van der Waals surface area contributed by atoms with Gasteiger partial charge in [0.25, 0.3) is 0 Å². The van der Waals surface area contributed by atoms with Gasteiger partial charge < -0.3 is 10.1 Å². The van der Waals surface area contributed by atoms with Crippen LogP contribution in [0.15, 0.2) is 18.2 Å². The molecule has 0 unspecified atom stereocenters. The van der Waals surface area contributed by atoms with E-state index in [1.807, 2.05) is 0 Å². The first-order valence-electron chi connectivity index (χ1n) is 5.98. The molecule has 3 nitrogen and oxygen atoms in total. The van der Waals surface area contributed by atoms with Gasteiger partial charge in [0.15, 0.2) is 0 Å². The van der Waals surface area contributed by atoms with Crippen LogP contribution in [0, 0.1) is 11.7 Å². The van der Waals surface area contributed by atoms with Crippen molar-refractivity contribution in [1.29, 1.82) is 0 Å². The maximum absolute atomic E-state index is 13.0. The van der Waals surface area contributed by atoms with Gasteiger partial charge in [0, 0.05) is 25.3 Å². The molecule has 5 heteroatoms. The molecule has 1 saturated heterocycles. The Morgan fingerprint density at radius 2 is 2.17 bits per heavy atom. The highest BCUT2D eigenvalue weighted by Crippen LogP contribution is 2.22. The van der Waals surface area contributed by atoms with Crippen molar-refractivity contribution >= 4 is 23.2 Å². The zero-order valence-corrected chi connectivity index (χ0v) is 10.7. The van der Waals surface area contributed by atoms with Gasteiger partial charge in [0.1, 0.15) is 5.82 Å². The van der Waals surface area contributed by atoms with E-state index in [0.29, 0.717) is 18.0 Å². The molecule has 0 radical (unpaired) electrons. The van der Waals surface area contributed by atoms with E-state index >= 15 is 0 Å². The van der Waals surface area contributed by atoms with Crippen LogP contribution in [-0.4, -0.2) is 19.1 Å². The van der Waals surface area contributed by atoms with Crippen LogP contribution in [-0.2, 0) is 9.53 Å². The van der Waals surface area contributed by atoms with E-state index in [9.17, 15) is 9.18 Å². The van der Waals surface area contributed by atoms with Crippen molar-refractivity contribution in [2.45, 2.75) is 19.3 Å². The van der Waals surface area contributed by atoms with E-state index < -0.39 is 5.82 Å². The standard InChI is InChI=1S/C13H15ClFNO2/c14-11-8-10(1-2-12(11)15)16-13(17)7-9-3-5-18-6-4-9/h1-2,8-9H,3-7H2,(H,16,17). The van der Waals surface area contributed by atoms with Crippen LogP contribution < -0.4 is 5.32 Å². The Morgan fingerprint density at radius 3 is 2.83 bits per heavy atom. The van der Waals surface area contributed by atoms with Gasteiger partial charge in [-0.1, -0.05) is 11.6 Å². The summed E-state index contributed by atoms with van der Waals surface area (Å²) in [6.45, 7) is 1.45. The number of anilines is 1. The predicted molar refractivity (Wildman–Crippen MR) is 68.2 cm³/mol. The third-order valence-electron chi connectivity index (χ3n) is 3.02. The van der Waals surface area contributed by atoms with Crippen LogP contribution in [0.1, 0.15) is 19.3 Å². The normalized spacial score (nSPS) is 16.6.